The second-order valence-corrected chi connectivity index (χ2v) is 38.4. The molecule has 4 bridgehead atoms. The number of morpholine rings is 2. The maximum atomic E-state index is 14.1. The molecule has 2 saturated carbocycles. The lowest BCUT2D eigenvalue weighted by atomic mass is 9.64. The molecule has 4 aromatic carbocycles. The van der Waals surface area contributed by atoms with Crippen LogP contribution in [-0.4, -0.2) is 201 Å². The van der Waals surface area contributed by atoms with Gasteiger partial charge in [-0.25, -0.2) is 26.3 Å². The van der Waals surface area contributed by atoms with E-state index in [1.54, 1.807) is 26.0 Å². The van der Waals surface area contributed by atoms with Crippen molar-refractivity contribution in [3.63, 3.8) is 0 Å². The number of aryl methyl sites for hydroxylation is 2. The Hall–Kier alpha value is -5.98. The van der Waals surface area contributed by atoms with Crippen LogP contribution < -0.4 is 28.7 Å². The SMILES string of the molecule is C[C@@H]1[C@@H](C)CCC/C(=C/C(=O)N2CCN3CCOC[C@H]3C2)[C@@H]2CC[C@H]2CN2C[C@@]3(CCCc4cc(Cl)ccc43)COc3ccc(cc32)C(=O)NS1(=O)=O.C[C@@H]1[C@@H](C)CCC[C@@H](CC(=O)N2CCN3CCOC[C@H]3C2)[C@@H]2CC[C@H]2CN2C[C@@]3(CCCc4cc(Cl)ccc43)COc3ccc(cc32)C(=O)NS1(=O)=O. The van der Waals surface area contributed by atoms with Crippen LogP contribution in [0.4, 0.5) is 11.4 Å². The normalized spacial score (nSPS) is 33.0. The van der Waals surface area contributed by atoms with Gasteiger partial charge in [0, 0.05) is 123 Å². The number of nitrogens with one attached hydrogen (secondary N) is 2. The van der Waals surface area contributed by atoms with Crippen molar-refractivity contribution < 1.29 is 55.0 Å². The molecule has 4 amide bonds. The Kier molecular flexibility index (Phi) is 22.4. The van der Waals surface area contributed by atoms with Crippen LogP contribution >= 0.6 is 23.2 Å². The first-order valence-corrected chi connectivity index (χ1v) is 43.5. The van der Waals surface area contributed by atoms with Gasteiger partial charge in [0.05, 0.1) is 73.6 Å². The fourth-order valence-corrected chi connectivity index (χ4v) is 23.1. The molecule has 106 heavy (non-hydrogen) atoms. The number of hydrogen-bond acceptors (Lipinski definition) is 16. The van der Waals surface area contributed by atoms with Crippen LogP contribution in [0.25, 0.3) is 0 Å². The predicted octanol–water partition coefficient (Wildman–Crippen LogP) is 11.2. The Labute approximate surface area is 637 Å². The van der Waals surface area contributed by atoms with Crippen LogP contribution in [0.2, 0.25) is 10.0 Å². The van der Waals surface area contributed by atoms with E-state index in [0.717, 1.165) is 177 Å². The van der Waals surface area contributed by atoms with E-state index in [4.69, 9.17) is 42.1 Å². The molecule has 4 aliphatic carbocycles. The van der Waals surface area contributed by atoms with Gasteiger partial charge >= 0.3 is 0 Å². The molecule has 4 saturated heterocycles. The molecule has 0 unspecified atom stereocenters. The summed E-state index contributed by atoms with van der Waals surface area (Å²) >= 11 is 13.0. The summed E-state index contributed by atoms with van der Waals surface area (Å²) in [6.07, 6.45) is 17.2. The standard InChI is InChI=1S/C41H55ClN4O6S.C41H53ClN4O6S/c2*1-27-5-3-6-29(21-39(47)45-16-15-44-17-18-51-24-34(44)23-45)35-11-8-32(35)22-46-25-41(14-4-7-30-19-33(42)10-12-36(30)41)26-52-38-13-9-31(20-37(38)46)40(48)43-53(49,50)28(27)2/h9-10,12-13,19-20,27-29,32,34-35H,3-8,11,14-18,21-26H2,1-2H3,(H,43,48);9-10,12-13,19-21,27-28,32,34-35H,3-8,11,14-18,22-26H2,1-2H3,(H,43,48)/b;29-21-/t27-,28+,29-,32-,34+,35-,41-;27-,28+,32-,34+,35-,41-/m00/s1. The number of fused-ring (bicyclic) bond motifs is 10. The summed E-state index contributed by atoms with van der Waals surface area (Å²) in [7, 11) is -7.88. The lowest BCUT2D eigenvalue weighted by Crippen LogP contribution is -2.59. The topological polar surface area (TPSA) is 217 Å². The molecule has 16 rings (SSSR count). The Balaban J connectivity index is 0.000000170. The molecule has 8 heterocycles. The summed E-state index contributed by atoms with van der Waals surface area (Å²) in [4.78, 5) is 69.1. The van der Waals surface area contributed by atoms with E-state index < -0.39 is 42.4 Å². The van der Waals surface area contributed by atoms with E-state index in [1.165, 1.54) is 27.8 Å². The number of allylic oxidation sites excluding steroid dienone is 1. The zero-order valence-corrected chi connectivity index (χ0v) is 65.4. The van der Waals surface area contributed by atoms with Crippen LogP contribution in [0, 0.1) is 41.4 Å². The molecule has 4 aromatic rings. The van der Waals surface area contributed by atoms with Crippen molar-refractivity contribution in [3.8, 4) is 11.5 Å². The summed E-state index contributed by atoms with van der Waals surface area (Å²) in [5, 5.41) is -0.0348. The lowest BCUT2D eigenvalue weighted by molar-refractivity contribution is -0.139. The molecule has 13 atom stereocenters. The van der Waals surface area contributed by atoms with Gasteiger partial charge in [-0.15, -0.1) is 0 Å². The zero-order chi connectivity index (χ0) is 73.8. The minimum absolute atomic E-state index is 0.0755. The molecule has 2 N–H and O–H groups in total. The third-order valence-electron chi connectivity index (χ3n) is 27.2. The first-order valence-electron chi connectivity index (χ1n) is 39.6. The van der Waals surface area contributed by atoms with Crippen molar-refractivity contribution in [3.05, 3.63) is 128 Å². The number of amides is 4. The van der Waals surface area contributed by atoms with E-state index in [-0.39, 0.29) is 58.4 Å². The van der Waals surface area contributed by atoms with Crippen molar-refractivity contribution in [2.24, 2.45) is 41.4 Å². The average Bonchev–Trinajstić information content (AvgIpc) is 1.46. The number of nitrogens with zero attached hydrogens (tertiary/aromatic N) is 6. The monoisotopic (exact) mass is 1530 g/mol. The van der Waals surface area contributed by atoms with Gasteiger partial charge in [-0.05, 0) is 235 Å². The van der Waals surface area contributed by atoms with Crippen molar-refractivity contribution in [1.29, 1.82) is 0 Å². The van der Waals surface area contributed by atoms with Gasteiger partial charge in [-0.2, -0.15) is 0 Å². The van der Waals surface area contributed by atoms with Gasteiger partial charge in [0.1, 0.15) is 11.5 Å². The van der Waals surface area contributed by atoms with Crippen molar-refractivity contribution in [1.82, 2.24) is 29.0 Å². The molecule has 12 aliphatic rings. The minimum atomic E-state index is -3.95. The Morgan fingerprint density at radius 3 is 1.60 bits per heavy atom. The lowest BCUT2D eigenvalue weighted by Gasteiger charge is -2.47. The Morgan fingerprint density at radius 1 is 0.557 bits per heavy atom. The van der Waals surface area contributed by atoms with Gasteiger partial charge in [-0.3, -0.25) is 29.0 Å². The summed E-state index contributed by atoms with van der Waals surface area (Å²) in [6, 6.07) is 23.6. The third-order valence-corrected chi connectivity index (χ3v) is 31.5. The highest BCUT2D eigenvalue weighted by atomic mass is 35.5. The second kappa shape index (κ2) is 31.4. The number of halogens is 2. The smallest absolute Gasteiger partial charge is 0.264 e. The molecule has 0 radical (unpaired) electrons. The summed E-state index contributed by atoms with van der Waals surface area (Å²) in [5.74, 6) is 1.69. The van der Waals surface area contributed by atoms with E-state index in [2.05, 4.69) is 58.2 Å². The summed E-state index contributed by atoms with van der Waals surface area (Å²) in [5.41, 5.74) is 7.92. The fraction of sp³-hybridized carbons (Fsp3) is 0.634. The maximum Gasteiger partial charge on any atom is 0.264 e. The molecule has 24 heteroatoms. The molecule has 6 fully saturated rings. The molecular formula is C82H108Cl2N8O12S2. The Bertz CT molecular complexity index is 4240. The molecule has 8 aliphatic heterocycles. The zero-order valence-electron chi connectivity index (χ0n) is 62.3. The predicted molar refractivity (Wildman–Crippen MR) is 412 cm³/mol. The quantitative estimate of drug-likeness (QED) is 0.182. The minimum Gasteiger partial charge on any atom is -0.490 e. The molecule has 20 nitrogen and oxygen atoms in total. The van der Waals surface area contributed by atoms with Crippen LogP contribution in [0.3, 0.4) is 0 Å². The molecule has 2 spiro atoms. The van der Waals surface area contributed by atoms with Gasteiger partial charge in [-0.1, -0.05) is 61.2 Å². The largest absolute Gasteiger partial charge is 0.490 e. The molecule has 0 aromatic heterocycles. The number of anilines is 2. The van der Waals surface area contributed by atoms with E-state index >= 15 is 0 Å². The third kappa shape index (κ3) is 15.8. The number of ether oxygens (including phenoxy) is 4. The van der Waals surface area contributed by atoms with Crippen molar-refractivity contribution >= 4 is 78.3 Å². The number of benzene rings is 4. The summed E-state index contributed by atoms with van der Waals surface area (Å²) < 4.78 is 83.9. The number of rotatable bonds is 3. The number of hydrogen-bond donors (Lipinski definition) is 2. The van der Waals surface area contributed by atoms with Crippen molar-refractivity contribution in [2.45, 2.75) is 170 Å². The highest BCUT2D eigenvalue weighted by Crippen LogP contribution is 2.51. The number of carbonyl (C=O) groups excluding carboxylic acids is 4. The van der Waals surface area contributed by atoms with E-state index in [1.807, 2.05) is 61.2 Å². The number of carbonyl (C=O) groups is 4. The molecular weight excluding hydrogens is 1420 g/mol. The van der Waals surface area contributed by atoms with Crippen LogP contribution in [-0.2, 0) is 62.8 Å². The van der Waals surface area contributed by atoms with Crippen LogP contribution in [0.5, 0.6) is 11.5 Å². The molecule has 574 valence electrons. The van der Waals surface area contributed by atoms with Crippen molar-refractivity contribution in [2.75, 3.05) is 128 Å². The first-order chi connectivity index (χ1) is 51.0. The first kappa shape index (κ1) is 75.4. The van der Waals surface area contributed by atoms with E-state index in [0.29, 0.717) is 112 Å². The average molecular weight is 1530 g/mol. The van der Waals surface area contributed by atoms with Crippen LogP contribution in [0.15, 0.2) is 84.4 Å². The van der Waals surface area contributed by atoms with E-state index in [9.17, 15) is 36.0 Å². The van der Waals surface area contributed by atoms with Crippen LogP contribution in [0.1, 0.15) is 167 Å². The van der Waals surface area contributed by atoms with Gasteiger partial charge in [0.15, 0.2) is 0 Å². The summed E-state index contributed by atoms with van der Waals surface area (Å²) in [6.45, 7) is 20.5. The van der Waals surface area contributed by atoms with Gasteiger partial charge in [0.25, 0.3) is 11.8 Å². The highest BCUT2D eigenvalue weighted by Gasteiger charge is 2.48. The Morgan fingerprint density at radius 2 is 1.08 bits per heavy atom. The number of sulfonamides is 2. The fourth-order valence-electron chi connectivity index (χ4n) is 20.1. The maximum absolute atomic E-state index is 14.1. The van der Waals surface area contributed by atoms with Gasteiger partial charge in [0.2, 0.25) is 31.9 Å². The van der Waals surface area contributed by atoms with Gasteiger partial charge < -0.3 is 38.5 Å². The highest BCUT2D eigenvalue weighted by molar-refractivity contribution is 7.91. The number of piperazine rings is 2. The second-order valence-electron chi connectivity index (χ2n) is 33.5.